The Bertz CT molecular complexity index is 582. The maximum absolute atomic E-state index is 12.2. The zero-order valence-corrected chi connectivity index (χ0v) is 10.7. The van der Waals surface area contributed by atoms with Gasteiger partial charge in [-0.1, -0.05) is 18.2 Å². The lowest BCUT2D eigenvalue weighted by molar-refractivity contribution is -0.116. The first-order valence-corrected chi connectivity index (χ1v) is 6.30. The van der Waals surface area contributed by atoms with Crippen molar-refractivity contribution in [3.63, 3.8) is 0 Å². The molecular weight excluding hydrogens is 238 g/mol. The van der Waals surface area contributed by atoms with Crippen LogP contribution in [0.4, 0.5) is 11.4 Å². The molecule has 19 heavy (non-hydrogen) atoms. The van der Waals surface area contributed by atoms with Crippen LogP contribution in [0, 0.1) is 6.92 Å². The Balaban J connectivity index is 1.68. The van der Waals surface area contributed by atoms with Crippen molar-refractivity contribution >= 4 is 17.3 Å². The largest absolute Gasteiger partial charge is 0.373 e. The first-order valence-electron chi connectivity index (χ1n) is 6.30. The normalized spacial score (nSPS) is 16.6. The number of pyridine rings is 1. The second-order valence-corrected chi connectivity index (χ2v) is 4.74. The summed E-state index contributed by atoms with van der Waals surface area (Å²) in [6.07, 6.45) is 2.40. The number of anilines is 2. The van der Waals surface area contributed by atoms with Crippen LogP contribution in [0.2, 0.25) is 0 Å². The van der Waals surface area contributed by atoms with Crippen molar-refractivity contribution in [2.45, 2.75) is 19.4 Å². The van der Waals surface area contributed by atoms with Crippen molar-refractivity contribution in [1.82, 2.24) is 4.98 Å². The van der Waals surface area contributed by atoms with E-state index in [1.54, 1.807) is 6.20 Å². The van der Waals surface area contributed by atoms with E-state index in [0.717, 1.165) is 23.5 Å². The third-order valence-electron chi connectivity index (χ3n) is 3.27. The van der Waals surface area contributed by atoms with Crippen LogP contribution < -0.4 is 10.6 Å². The lowest BCUT2D eigenvalue weighted by atomic mass is 10.1. The van der Waals surface area contributed by atoms with E-state index in [0.29, 0.717) is 0 Å². The molecule has 0 unspecified atom stereocenters. The lowest BCUT2D eigenvalue weighted by Crippen LogP contribution is -2.32. The molecule has 4 heteroatoms. The van der Waals surface area contributed by atoms with E-state index in [2.05, 4.69) is 15.6 Å². The number of para-hydroxylation sites is 1. The van der Waals surface area contributed by atoms with Crippen LogP contribution in [0.3, 0.4) is 0 Å². The fourth-order valence-electron chi connectivity index (χ4n) is 2.23. The zero-order valence-electron chi connectivity index (χ0n) is 10.7. The highest BCUT2D eigenvalue weighted by Gasteiger charge is 2.26. The van der Waals surface area contributed by atoms with Gasteiger partial charge in [0, 0.05) is 17.8 Å². The summed E-state index contributed by atoms with van der Waals surface area (Å²) in [4.78, 5) is 16.3. The molecule has 0 fully saturated rings. The Morgan fingerprint density at radius 3 is 2.89 bits per heavy atom. The van der Waals surface area contributed by atoms with Gasteiger partial charge in [0.15, 0.2) is 0 Å². The van der Waals surface area contributed by atoms with E-state index in [1.807, 2.05) is 43.3 Å². The predicted octanol–water partition coefficient (Wildman–Crippen LogP) is 2.37. The second kappa shape index (κ2) is 4.72. The van der Waals surface area contributed by atoms with Crippen molar-refractivity contribution in [3.05, 3.63) is 53.9 Å². The van der Waals surface area contributed by atoms with Crippen LogP contribution in [0.5, 0.6) is 0 Å². The van der Waals surface area contributed by atoms with Crippen LogP contribution in [0.15, 0.2) is 42.6 Å². The van der Waals surface area contributed by atoms with Crippen LogP contribution in [0.25, 0.3) is 0 Å². The molecule has 1 aromatic carbocycles. The van der Waals surface area contributed by atoms with Gasteiger partial charge in [0.1, 0.15) is 6.04 Å². The average Bonchev–Trinajstić information content (AvgIpc) is 2.85. The quantitative estimate of drug-likeness (QED) is 0.864. The van der Waals surface area contributed by atoms with Gasteiger partial charge in [-0.15, -0.1) is 0 Å². The summed E-state index contributed by atoms with van der Waals surface area (Å²) in [7, 11) is 0. The van der Waals surface area contributed by atoms with Gasteiger partial charge in [-0.2, -0.15) is 0 Å². The number of hydrogen-bond acceptors (Lipinski definition) is 3. The molecule has 2 aromatic rings. The molecule has 4 nitrogen and oxygen atoms in total. The minimum absolute atomic E-state index is 0.0261. The minimum Gasteiger partial charge on any atom is -0.373 e. The lowest BCUT2D eigenvalue weighted by Gasteiger charge is -2.11. The van der Waals surface area contributed by atoms with E-state index < -0.39 is 0 Å². The van der Waals surface area contributed by atoms with Crippen molar-refractivity contribution in [3.8, 4) is 0 Å². The molecule has 0 saturated carbocycles. The van der Waals surface area contributed by atoms with E-state index in [-0.39, 0.29) is 11.9 Å². The molecule has 96 valence electrons. The second-order valence-electron chi connectivity index (χ2n) is 4.74. The maximum Gasteiger partial charge on any atom is 0.247 e. The highest BCUT2D eigenvalue weighted by molar-refractivity contribution is 5.97. The Kier molecular flexibility index (Phi) is 2.91. The van der Waals surface area contributed by atoms with E-state index >= 15 is 0 Å². The fraction of sp³-hybridized carbons (Fsp3) is 0.200. The third kappa shape index (κ3) is 2.42. The highest BCUT2D eigenvalue weighted by atomic mass is 16.2. The van der Waals surface area contributed by atoms with Crippen molar-refractivity contribution < 1.29 is 4.79 Å². The Hall–Kier alpha value is -2.36. The van der Waals surface area contributed by atoms with Crippen molar-refractivity contribution in [2.75, 3.05) is 10.6 Å². The smallest absolute Gasteiger partial charge is 0.247 e. The third-order valence-corrected chi connectivity index (χ3v) is 3.27. The van der Waals surface area contributed by atoms with Gasteiger partial charge in [0.2, 0.25) is 5.91 Å². The summed E-state index contributed by atoms with van der Waals surface area (Å²) in [5.41, 5.74) is 3.90. The number of nitrogens with zero attached hydrogens (tertiary/aromatic N) is 1. The van der Waals surface area contributed by atoms with Crippen LogP contribution >= 0.6 is 0 Å². The van der Waals surface area contributed by atoms with E-state index in [1.165, 1.54) is 5.56 Å². The van der Waals surface area contributed by atoms with Gasteiger partial charge >= 0.3 is 0 Å². The SMILES string of the molecule is Cc1ccc(NC(=O)[C@@H]2Cc3ccccc3N2)cn1. The van der Waals surface area contributed by atoms with Crippen LogP contribution in [-0.4, -0.2) is 16.9 Å². The molecule has 1 aliphatic rings. The standard InChI is InChI=1S/C15H15N3O/c1-10-6-7-12(9-16-10)17-15(19)14-8-11-4-2-3-5-13(11)18-14/h2-7,9,14,18H,8H2,1H3,(H,17,19)/t14-/m0/s1. The molecule has 0 spiro atoms. The Morgan fingerprint density at radius 2 is 2.16 bits per heavy atom. The topological polar surface area (TPSA) is 54.0 Å². The summed E-state index contributed by atoms with van der Waals surface area (Å²) < 4.78 is 0. The molecule has 0 bridgehead atoms. The van der Waals surface area contributed by atoms with Gasteiger partial charge in [-0.05, 0) is 30.7 Å². The summed E-state index contributed by atoms with van der Waals surface area (Å²) >= 11 is 0. The van der Waals surface area contributed by atoms with Crippen molar-refractivity contribution in [2.24, 2.45) is 0 Å². The molecule has 1 atom stereocenters. The van der Waals surface area contributed by atoms with Crippen molar-refractivity contribution in [1.29, 1.82) is 0 Å². The monoisotopic (exact) mass is 253 g/mol. The number of nitrogens with one attached hydrogen (secondary N) is 2. The minimum atomic E-state index is -0.210. The van der Waals surface area contributed by atoms with Gasteiger partial charge < -0.3 is 10.6 Å². The Morgan fingerprint density at radius 1 is 1.32 bits per heavy atom. The zero-order chi connectivity index (χ0) is 13.2. The van der Waals surface area contributed by atoms with E-state index in [4.69, 9.17) is 0 Å². The molecule has 1 aliphatic heterocycles. The number of aryl methyl sites for hydroxylation is 1. The average molecular weight is 253 g/mol. The predicted molar refractivity (Wildman–Crippen MR) is 75.2 cm³/mol. The molecule has 0 radical (unpaired) electrons. The number of rotatable bonds is 2. The summed E-state index contributed by atoms with van der Waals surface area (Å²) in [5.74, 6) is -0.0261. The molecule has 0 saturated heterocycles. The molecule has 2 heterocycles. The molecule has 1 amide bonds. The van der Waals surface area contributed by atoms with Crippen LogP contribution in [0.1, 0.15) is 11.3 Å². The number of benzene rings is 1. The first kappa shape index (κ1) is 11.7. The fourth-order valence-corrected chi connectivity index (χ4v) is 2.23. The molecule has 2 N–H and O–H groups in total. The first-order chi connectivity index (χ1) is 9.22. The number of carbonyl (C=O) groups excluding carboxylic acids is 1. The van der Waals surface area contributed by atoms with Crippen LogP contribution in [-0.2, 0) is 11.2 Å². The number of aromatic nitrogens is 1. The summed E-state index contributed by atoms with van der Waals surface area (Å²) in [6.45, 7) is 1.92. The van der Waals surface area contributed by atoms with E-state index in [9.17, 15) is 4.79 Å². The molecule has 1 aromatic heterocycles. The maximum atomic E-state index is 12.2. The Labute approximate surface area is 111 Å². The highest BCUT2D eigenvalue weighted by Crippen LogP contribution is 2.25. The summed E-state index contributed by atoms with van der Waals surface area (Å²) in [6, 6.07) is 11.5. The molecule has 3 rings (SSSR count). The van der Waals surface area contributed by atoms with Gasteiger partial charge in [0.05, 0.1) is 11.9 Å². The number of amides is 1. The number of fused-ring (bicyclic) bond motifs is 1. The van der Waals surface area contributed by atoms with Gasteiger partial charge in [-0.25, -0.2) is 0 Å². The summed E-state index contributed by atoms with van der Waals surface area (Å²) in [5, 5.41) is 6.12. The van der Waals surface area contributed by atoms with Gasteiger partial charge in [0.25, 0.3) is 0 Å². The number of hydrogen-bond donors (Lipinski definition) is 2. The number of carbonyl (C=O) groups is 1. The molecular formula is C15H15N3O. The van der Waals surface area contributed by atoms with Gasteiger partial charge in [-0.3, -0.25) is 9.78 Å². The molecule has 0 aliphatic carbocycles.